The minimum Gasteiger partial charge on any atom is -0.465 e. The Morgan fingerprint density at radius 2 is 1.47 bits per heavy atom. The van der Waals surface area contributed by atoms with Crippen molar-refractivity contribution in [1.29, 1.82) is 0 Å². The average molecular weight is 237 g/mol. The number of hydrogen-bond donors (Lipinski definition) is 0. The fraction of sp³-hybridized carbons (Fsp3) is 0.417. The van der Waals surface area contributed by atoms with E-state index >= 15 is 0 Å². The van der Waals surface area contributed by atoms with Gasteiger partial charge in [0.2, 0.25) is 0 Å². The van der Waals surface area contributed by atoms with Crippen LogP contribution in [0.4, 0.5) is 5.69 Å². The molecular formula is C12H15NO4. The molecule has 1 aromatic rings. The number of rotatable bonds is 2. The summed E-state index contributed by atoms with van der Waals surface area (Å²) in [6.07, 6.45) is 0. The highest BCUT2D eigenvalue weighted by Crippen LogP contribution is 2.32. The van der Waals surface area contributed by atoms with Crippen molar-refractivity contribution in [3.8, 4) is 0 Å². The first-order chi connectivity index (χ1) is 7.82. The molecule has 0 N–H and O–H groups in total. The van der Waals surface area contributed by atoms with E-state index in [1.165, 1.54) is 7.11 Å². The van der Waals surface area contributed by atoms with Crippen molar-refractivity contribution in [2.45, 2.75) is 27.7 Å². The lowest BCUT2D eigenvalue weighted by atomic mass is 9.92. The van der Waals surface area contributed by atoms with Gasteiger partial charge in [-0.1, -0.05) is 0 Å². The minimum absolute atomic E-state index is 0.0765. The molecule has 17 heavy (non-hydrogen) atoms. The van der Waals surface area contributed by atoms with Gasteiger partial charge in [-0.3, -0.25) is 10.1 Å². The van der Waals surface area contributed by atoms with Crippen molar-refractivity contribution in [2.24, 2.45) is 0 Å². The number of esters is 1. The predicted octanol–water partition coefficient (Wildman–Crippen LogP) is 2.62. The van der Waals surface area contributed by atoms with Gasteiger partial charge in [-0.2, -0.15) is 0 Å². The standard InChI is InChI=1S/C12H15NO4/c1-6-8(3)11(13(15)16)9(4)7(2)10(6)12(14)17-5/h1-5H3. The zero-order valence-corrected chi connectivity index (χ0v) is 10.6. The van der Waals surface area contributed by atoms with Crippen LogP contribution in [0.15, 0.2) is 0 Å². The van der Waals surface area contributed by atoms with Crippen LogP contribution in [0.1, 0.15) is 32.6 Å². The molecular weight excluding hydrogens is 222 g/mol. The summed E-state index contributed by atoms with van der Waals surface area (Å²) >= 11 is 0. The molecule has 0 aliphatic carbocycles. The van der Waals surface area contributed by atoms with Crippen LogP contribution in [0, 0.1) is 37.8 Å². The highest BCUT2D eigenvalue weighted by molar-refractivity contribution is 5.94. The van der Waals surface area contributed by atoms with E-state index in [1.807, 2.05) is 0 Å². The molecule has 0 aromatic heterocycles. The molecule has 0 saturated heterocycles. The molecule has 1 aromatic carbocycles. The maximum absolute atomic E-state index is 11.6. The van der Waals surface area contributed by atoms with Gasteiger partial charge in [0.15, 0.2) is 0 Å². The van der Waals surface area contributed by atoms with Gasteiger partial charge in [0.25, 0.3) is 5.69 Å². The van der Waals surface area contributed by atoms with Crippen molar-refractivity contribution < 1.29 is 14.5 Å². The second-order valence-corrected chi connectivity index (χ2v) is 3.97. The second-order valence-electron chi connectivity index (χ2n) is 3.97. The molecule has 1 rings (SSSR count). The van der Waals surface area contributed by atoms with E-state index < -0.39 is 10.9 Å². The van der Waals surface area contributed by atoms with E-state index in [-0.39, 0.29) is 5.69 Å². The largest absolute Gasteiger partial charge is 0.465 e. The van der Waals surface area contributed by atoms with E-state index in [1.54, 1.807) is 27.7 Å². The van der Waals surface area contributed by atoms with Gasteiger partial charge in [-0.15, -0.1) is 0 Å². The Bertz CT molecular complexity index is 477. The van der Waals surface area contributed by atoms with Crippen molar-refractivity contribution >= 4 is 11.7 Å². The number of hydrogen-bond acceptors (Lipinski definition) is 4. The van der Waals surface area contributed by atoms with Crippen molar-refractivity contribution in [1.82, 2.24) is 0 Å². The third-order valence-electron chi connectivity index (χ3n) is 3.16. The normalized spacial score (nSPS) is 10.2. The molecule has 0 aliphatic heterocycles. The first-order valence-electron chi connectivity index (χ1n) is 5.16. The molecule has 5 heteroatoms. The molecule has 0 amide bonds. The summed E-state index contributed by atoms with van der Waals surface area (Å²) in [5.74, 6) is -0.457. The van der Waals surface area contributed by atoms with Gasteiger partial charge in [0.05, 0.1) is 17.6 Å². The molecule has 0 radical (unpaired) electrons. The predicted molar refractivity (Wildman–Crippen MR) is 63.4 cm³/mol. The summed E-state index contributed by atoms with van der Waals surface area (Å²) in [5, 5.41) is 11.0. The maximum Gasteiger partial charge on any atom is 0.338 e. The van der Waals surface area contributed by atoms with Crippen molar-refractivity contribution in [2.75, 3.05) is 7.11 Å². The fourth-order valence-electron chi connectivity index (χ4n) is 1.97. The SMILES string of the molecule is COC(=O)c1c(C)c(C)c([N+](=O)[O-])c(C)c1C. The van der Waals surface area contributed by atoms with Crippen LogP contribution in [0.25, 0.3) is 0 Å². The highest BCUT2D eigenvalue weighted by Gasteiger charge is 2.25. The van der Waals surface area contributed by atoms with Gasteiger partial charge in [0, 0.05) is 11.1 Å². The Balaban J connectivity index is 3.70. The van der Waals surface area contributed by atoms with Crippen LogP contribution >= 0.6 is 0 Å². The minimum atomic E-state index is -0.457. The Kier molecular flexibility index (Phi) is 3.50. The lowest BCUT2D eigenvalue weighted by Gasteiger charge is -2.14. The second kappa shape index (κ2) is 4.53. The molecule has 0 heterocycles. The molecule has 0 atom stereocenters. The smallest absolute Gasteiger partial charge is 0.338 e. The summed E-state index contributed by atoms with van der Waals surface area (Å²) in [5.41, 5.74) is 2.73. The Morgan fingerprint density at radius 1 is 1.06 bits per heavy atom. The zero-order valence-electron chi connectivity index (χ0n) is 10.6. The van der Waals surface area contributed by atoms with E-state index in [9.17, 15) is 14.9 Å². The van der Waals surface area contributed by atoms with Gasteiger partial charge in [-0.25, -0.2) is 4.79 Å². The maximum atomic E-state index is 11.6. The zero-order chi connectivity index (χ0) is 13.3. The van der Waals surface area contributed by atoms with Crippen molar-refractivity contribution in [3.05, 3.63) is 37.9 Å². The lowest BCUT2D eigenvalue weighted by Crippen LogP contribution is -2.11. The molecule has 0 bridgehead atoms. The van der Waals surface area contributed by atoms with E-state index in [4.69, 9.17) is 4.74 Å². The van der Waals surface area contributed by atoms with Gasteiger partial charge >= 0.3 is 5.97 Å². The molecule has 0 spiro atoms. The van der Waals surface area contributed by atoms with Crippen LogP contribution in [0.3, 0.4) is 0 Å². The number of ether oxygens (including phenoxy) is 1. The monoisotopic (exact) mass is 237 g/mol. The summed E-state index contributed by atoms with van der Waals surface area (Å²) < 4.78 is 4.70. The van der Waals surface area contributed by atoms with E-state index in [0.29, 0.717) is 27.8 Å². The van der Waals surface area contributed by atoms with Crippen molar-refractivity contribution in [3.63, 3.8) is 0 Å². The first kappa shape index (κ1) is 13.2. The summed E-state index contributed by atoms with van der Waals surface area (Å²) in [4.78, 5) is 22.2. The summed E-state index contributed by atoms with van der Waals surface area (Å²) in [6, 6.07) is 0. The van der Waals surface area contributed by atoms with Crippen LogP contribution in [0.2, 0.25) is 0 Å². The number of carbonyl (C=O) groups is 1. The van der Waals surface area contributed by atoms with Gasteiger partial charge in [-0.05, 0) is 38.8 Å². The van der Waals surface area contributed by atoms with E-state index in [2.05, 4.69) is 0 Å². The summed E-state index contributed by atoms with van der Waals surface area (Å²) in [7, 11) is 1.30. The molecule has 5 nitrogen and oxygen atoms in total. The quantitative estimate of drug-likeness (QED) is 0.450. The van der Waals surface area contributed by atoms with Gasteiger partial charge < -0.3 is 4.74 Å². The third kappa shape index (κ3) is 2.00. The number of benzene rings is 1. The number of carbonyl (C=O) groups excluding carboxylic acids is 1. The van der Waals surface area contributed by atoms with E-state index in [0.717, 1.165) is 0 Å². The number of methoxy groups -OCH3 is 1. The molecule has 0 saturated carbocycles. The Labute approximate surface area is 99.5 Å². The Morgan fingerprint density at radius 3 is 1.76 bits per heavy atom. The number of nitro groups is 1. The lowest BCUT2D eigenvalue weighted by molar-refractivity contribution is -0.386. The number of nitrogens with zero attached hydrogens (tertiary/aromatic N) is 1. The first-order valence-corrected chi connectivity index (χ1v) is 5.16. The topological polar surface area (TPSA) is 69.4 Å². The molecule has 92 valence electrons. The van der Waals surface area contributed by atoms with Crippen LogP contribution in [-0.2, 0) is 4.74 Å². The molecule has 0 unspecified atom stereocenters. The fourth-order valence-corrected chi connectivity index (χ4v) is 1.97. The Hall–Kier alpha value is -1.91. The molecule has 0 aliphatic rings. The third-order valence-corrected chi connectivity index (χ3v) is 3.16. The number of nitro benzene ring substituents is 1. The van der Waals surface area contributed by atoms with Crippen LogP contribution in [-0.4, -0.2) is 18.0 Å². The average Bonchev–Trinajstić information content (AvgIpc) is 2.26. The summed E-state index contributed by atoms with van der Waals surface area (Å²) in [6.45, 7) is 6.68. The van der Waals surface area contributed by atoms with Gasteiger partial charge in [0.1, 0.15) is 0 Å². The highest BCUT2D eigenvalue weighted by atomic mass is 16.6. The van der Waals surface area contributed by atoms with Crippen LogP contribution < -0.4 is 0 Å². The van der Waals surface area contributed by atoms with Crippen LogP contribution in [0.5, 0.6) is 0 Å². The molecule has 0 fully saturated rings.